The minimum absolute atomic E-state index is 0.0725. The quantitative estimate of drug-likeness (QED) is 0.280. The van der Waals surface area contributed by atoms with Crippen LogP contribution >= 0.6 is 0 Å². The number of rotatable bonds is 9. The van der Waals surface area contributed by atoms with E-state index in [9.17, 15) is 9.59 Å². The standard InChI is InChI=1S/C15H28N4O3/c1-3-16-15(17-9-6-12-22-4-2)18-10-11-19-13(20)7-5-8-14(19)21/h3-12H2,1-2H3,(H2,16,17,18). The van der Waals surface area contributed by atoms with E-state index in [1.54, 1.807) is 0 Å². The molecule has 0 bridgehead atoms. The van der Waals surface area contributed by atoms with E-state index in [2.05, 4.69) is 15.6 Å². The Hall–Kier alpha value is -1.63. The van der Waals surface area contributed by atoms with Crippen LogP contribution in [0, 0.1) is 0 Å². The summed E-state index contributed by atoms with van der Waals surface area (Å²) in [6.07, 6.45) is 2.48. The first-order valence-electron chi connectivity index (χ1n) is 8.12. The van der Waals surface area contributed by atoms with E-state index in [4.69, 9.17) is 4.74 Å². The van der Waals surface area contributed by atoms with Crippen molar-refractivity contribution in [1.29, 1.82) is 0 Å². The molecule has 126 valence electrons. The summed E-state index contributed by atoms with van der Waals surface area (Å²) in [5.74, 6) is 0.560. The van der Waals surface area contributed by atoms with Gasteiger partial charge in [-0.2, -0.15) is 0 Å². The van der Waals surface area contributed by atoms with Crippen molar-refractivity contribution in [2.24, 2.45) is 4.99 Å². The topological polar surface area (TPSA) is 83.0 Å². The number of nitrogens with zero attached hydrogens (tertiary/aromatic N) is 2. The second-order valence-electron chi connectivity index (χ2n) is 5.03. The molecule has 2 N–H and O–H groups in total. The van der Waals surface area contributed by atoms with Crippen LogP contribution in [0.25, 0.3) is 0 Å². The number of ether oxygens (including phenoxy) is 1. The second-order valence-corrected chi connectivity index (χ2v) is 5.03. The lowest BCUT2D eigenvalue weighted by atomic mass is 10.1. The van der Waals surface area contributed by atoms with E-state index in [0.29, 0.717) is 51.5 Å². The van der Waals surface area contributed by atoms with Crippen molar-refractivity contribution in [2.45, 2.75) is 39.5 Å². The molecule has 1 aliphatic rings. The molecule has 1 aliphatic heterocycles. The summed E-state index contributed by atoms with van der Waals surface area (Å²) >= 11 is 0. The molecule has 0 unspecified atom stereocenters. The predicted molar refractivity (Wildman–Crippen MR) is 85.7 cm³/mol. The number of guanidine groups is 1. The number of nitrogens with one attached hydrogen (secondary N) is 2. The highest BCUT2D eigenvalue weighted by atomic mass is 16.5. The number of carbonyl (C=O) groups excluding carboxylic acids is 2. The Morgan fingerprint density at radius 3 is 2.59 bits per heavy atom. The molecule has 0 atom stereocenters. The monoisotopic (exact) mass is 312 g/mol. The Labute approximate surface area is 132 Å². The van der Waals surface area contributed by atoms with Gasteiger partial charge in [0.1, 0.15) is 0 Å². The van der Waals surface area contributed by atoms with Crippen LogP contribution in [0.5, 0.6) is 0 Å². The number of hydrogen-bond acceptors (Lipinski definition) is 4. The van der Waals surface area contributed by atoms with Crippen molar-refractivity contribution in [3.8, 4) is 0 Å². The molecule has 0 aromatic heterocycles. The molecule has 7 heteroatoms. The number of hydrogen-bond donors (Lipinski definition) is 2. The first-order chi connectivity index (χ1) is 10.7. The maximum Gasteiger partial charge on any atom is 0.229 e. The zero-order chi connectivity index (χ0) is 16.2. The van der Waals surface area contributed by atoms with Gasteiger partial charge < -0.3 is 15.4 Å². The highest BCUT2D eigenvalue weighted by molar-refractivity contribution is 5.97. The van der Waals surface area contributed by atoms with Gasteiger partial charge in [0.05, 0.1) is 0 Å². The summed E-state index contributed by atoms with van der Waals surface area (Å²) in [4.78, 5) is 29.2. The number of aliphatic imine (C=N–C) groups is 1. The summed E-state index contributed by atoms with van der Waals surface area (Å²) < 4.78 is 5.27. The molecule has 1 rings (SSSR count). The normalized spacial score (nSPS) is 16.1. The number of piperidine rings is 1. The molecule has 0 saturated carbocycles. The molecule has 1 fully saturated rings. The largest absolute Gasteiger partial charge is 0.382 e. The van der Waals surface area contributed by atoms with Gasteiger partial charge in [0, 0.05) is 52.2 Å². The van der Waals surface area contributed by atoms with Gasteiger partial charge in [-0.3, -0.25) is 19.5 Å². The maximum atomic E-state index is 11.7. The Balaban J connectivity index is 2.32. The minimum atomic E-state index is -0.0725. The van der Waals surface area contributed by atoms with Crippen molar-refractivity contribution >= 4 is 17.8 Å². The molecule has 0 aromatic carbocycles. The molecule has 0 radical (unpaired) electrons. The van der Waals surface area contributed by atoms with E-state index in [1.165, 1.54) is 4.90 Å². The van der Waals surface area contributed by atoms with Gasteiger partial charge in [-0.05, 0) is 26.7 Å². The van der Waals surface area contributed by atoms with Gasteiger partial charge in [0.15, 0.2) is 5.96 Å². The molecular formula is C15H28N4O3. The van der Waals surface area contributed by atoms with Crippen LogP contribution in [0.3, 0.4) is 0 Å². The lowest BCUT2D eigenvalue weighted by molar-refractivity contribution is -0.147. The van der Waals surface area contributed by atoms with Crippen LogP contribution in [0.2, 0.25) is 0 Å². The third-order valence-corrected chi connectivity index (χ3v) is 3.28. The number of amides is 2. The third kappa shape index (κ3) is 6.89. The lowest BCUT2D eigenvalue weighted by Gasteiger charge is -2.25. The first-order valence-corrected chi connectivity index (χ1v) is 8.12. The maximum absolute atomic E-state index is 11.7. The van der Waals surface area contributed by atoms with Crippen molar-refractivity contribution < 1.29 is 14.3 Å². The number of imide groups is 1. The molecule has 7 nitrogen and oxygen atoms in total. The van der Waals surface area contributed by atoms with E-state index in [1.807, 2.05) is 13.8 Å². The molecule has 1 saturated heterocycles. The summed E-state index contributed by atoms with van der Waals surface area (Å²) in [6.45, 7) is 7.73. The fourth-order valence-electron chi connectivity index (χ4n) is 2.18. The van der Waals surface area contributed by atoms with Gasteiger partial charge in [0.2, 0.25) is 11.8 Å². The van der Waals surface area contributed by atoms with Gasteiger partial charge in [-0.1, -0.05) is 0 Å². The van der Waals surface area contributed by atoms with E-state index in [0.717, 1.165) is 19.6 Å². The van der Waals surface area contributed by atoms with Crippen LogP contribution in [0.1, 0.15) is 39.5 Å². The molecule has 1 heterocycles. The van der Waals surface area contributed by atoms with Gasteiger partial charge in [-0.25, -0.2) is 0 Å². The highest BCUT2D eigenvalue weighted by Crippen LogP contribution is 2.11. The van der Waals surface area contributed by atoms with Crippen LogP contribution in [-0.4, -0.2) is 62.1 Å². The second kappa shape index (κ2) is 11.0. The van der Waals surface area contributed by atoms with Crippen molar-refractivity contribution in [1.82, 2.24) is 15.5 Å². The van der Waals surface area contributed by atoms with E-state index < -0.39 is 0 Å². The van der Waals surface area contributed by atoms with Crippen LogP contribution in [0.4, 0.5) is 0 Å². The predicted octanol–water partition coefficient (Wildman–Crippen LogP) is 0.507. The Bertz CT molecular complexity index is 369. The molecule has 0 aromatic rings. The fourth-order valence-corrected chi connectivity index (χ4v) is 2.18. The lowest BCUT2D eigenvalue weighted by Crippen LogP contribution is -2.46. The van der Waals surface area contributed by atoms with Crippen molar-refractivity contribution in [3.63, 3.8) is 0 Å². The van der Waals surface area contributed by atoms with Crippen LogP contribution in [0.15, 0.2) is 4.99 Å². The van der Waals surface area contributed by atoms with Crippen molar-refractivity contribution in [3.05, 3.63) is 0 Å². The van der Waals surface area contributed by atoms with Crippen LogP contribution in [-0.2, 0) is 14.3 Å². The average Bonchev–Trinajstić information content (AvgIpc) is 2.50. The summed E-state index contributed by atoms with van der Waals surface area (Å²) in [6, 6.07) is 0. The molecule has 2 amide bonds. The Morgan fingerprint density at radius 2 is 1.95 bits per heavy atom. The summed E-state index contributed by atoms with van der Waals surface area (Å²) in [5, 5.41) is 6.30. The number of carbonyl (C=O) groups is 2. The summed E-state index contributed by atoms with van der Waals surface area (Å²) in [7, 11) is 0. The van der Waals surface area contributed by atoms with E-state index in [-0.39, 0.29) is 11.8 Å². The fraction of sp³-hybridized carbons (Fsp3) is 0.800. The molecule has 0 spiro atoms. The zero-order valence-corrected chi connectivity index (χ0v) is 13.7. The van der Waals surface area contributed by atoms with Gasteiger partial charge >= 0.3 is 0 Å². The van der Waals surface area contributed by atoms with E-state index >= 15 is 0 Å². The minimum Gasteiger partial charge on any atom is -0.382 e. The first kappa shape index (κ1) is 18.4. The Kier molecular flexibility index (Phi) is 9.21. The van der Waals surface area contributed by atoms with Gasteiger partial charge in [-0.15, -0.1) is 0 Å². The SMILES string of the molecule is CCNC(=NCCCOCC)NCCN1C(=O)CCCC1=O. The average molecular weight is 312 g/mol. The van der Waals surface area contributed by atoms with Gasteiger partial charge in [0.25, 0.3) is 0 Å². The Morgan fingerprint density at radius 1 is 1.23 bits per heavy atom. The zero-order valence-electron chi connectivity index (χ0n) is 13.7. The third-order valence-electron chi connectivity index (χ3n) is 3.28. The summed E-state index contributed by atoms with van der Waals surface area (Å²) in [5.41, 5.74) is 0. The van der Waals surface area contributed by atoms with Crippen molar-refractivity contribution in [2.75, 3.05) is 39.4 Å². The molecule has 22 heavy (non-hydrogen) atoms. The smallest absolute Gasteiger partial charge is 0.229 e. The number of likely N-dealkylation sites (tertiary alicyclic amines) is 1. The molecule has 0 aliphatic carbocycles. The highest BCUT2D eigenvalue weighted by Gasteiger charge is 2.25. The molecular weight excluding hydrogens is 284 g/mol. The van der Waals surface area contributed by atoms with Crippen LogP contribution < -0.4 is 10.6 Å².